The lowest BCUT2D eigenvalue weighted by Crippen LogP contribution is -2.40. The Morgan fingerprint density at radius 3 is 2.00 bits per heavy atom. The number of aliphatic hydroxyl groups is 3. The molecule has 26 heavy (non-hydrogen) atoms. The molecule has 6 N–H and O–H groups in total. The number of halogens is 4. The highest BCUT2D eigenvalue weighted by Gasteiger charge is 2.29. The summed E-state index contributed by atoms with van der Waals surface area (Å²) in [7, 11) is 0. The lowest BCUT2D eigenvalue weighted by Gasteiger charge is -2.17. The zero-order chi connectivity index (χ0) is 20.1. The Morgan fingerprint density at radius 1 is 1.04 bits per heavy atom. The Kier molecular flexibility index (Phi) is 7.29. The second kappa shape index (κ2) is 8.78. The number of aromatic hydroxyl groups is 1. The van der Waals surface area contributed by atoms with Gasteiger partial charge in [0.25, 0.3) is 11.8 Å². The van der Waals surface area contributed by atoms with E-state index in [1.807, 2.05) is 5.32 Å². The van der Waals surface area contributed by atoms with Crippen LogP contribution in [0.2, 0.25) is 0 Å². The first-order valence-corrected chi connectivity index (χ1v) is 7.09. The van der Waals surface area contributed by atoms with Crippen LogP contribution in [0.15, 0.2) is 12.1 Å². The van der Waals surface area contributed by atoms with Crippen LogP contribution in [0.3, 0.4) is 0 Å². The van der Waals surface area contributed by atoms with Gasteiger partial charge in [0.2, 0.25) is 0 Å². The van der Waals surface area contributed by atoms with Crippen molar-refractivity contribution in [1.82, 2.24) is 10.6 Å². The smallest absolute Gasteiger partial charge is 0.405 e. The summed E-state index contributed by atoms with van der Waals surface area (Å²) < 4.78 is 49.9. The highest BCUT2D eigenvalue weighted by Crippen LogP contribution is 2.25. The van der Waals surface area contributed by atoms with Crippen molar-refractivity contribution in [3.63, 3.8) is 0 Å². The number of amides is 2. The summed E-state index contributed by atoms with van der Waals surface area (Å²) in [6, 6.07) is 0.974. The molecule has 146 valence electrons. The zero-order valence-corrected chi connectivity index (χ0v) is 13.0. The SMILES string of the molecule is O=C(NCC(O)C(O)CO)c1cc(F)cc(C(=O)NCC(F)(F)F)c1O. The molecule has 12 heteroatoms. The second-order valence-corrected chi connectivity index (χ2v) is 5.17. The van der Waals surface area contributed by atoms with E-state index >= 15 is 0 Å². The minimum Gasteiger partial charge on any atom is -0.506 e. The highest BCUT2D eigenvalue weighted by molar-refractivity contribution is 6.03. The molecular formula is C14H16F4N2O6. The summed E-state index contributed by atoms with van der Waals surface area (Å²) in [5.74, 6) is -4.87. The Bertz CT molecular complexity index is 668. The monoisotopic (exact) mass is 384 g/mol. The van der Waals surface area contributed by atoms with Crippen LogP contribution in [0.5, 0.6) is 5.75 Å². The van der Waals surface area contributed by atoms with Crippen LogP contribution in [0.4, 0.5) is 17.6 Å². The van der Waals surface area contributed by atoms with Gasteiger partial charge in [-0.1, -0.05) is 0 Å². The van der Waals surface area contributed by atoms with E-state index in [1.165, 1.54) is 5.32 Å². The van der Waals surface area contributed by atoms with Crippen LogP contribution in [-0.4, -0.2) is 70.3 Å². The average Bonchev–Trinajstić information content (AvgIpc) is 2.57. The van der Waals surface area contributed by atoms with Gasteiger partial charge in [0.15, 0.2) is 0 Å². The van der Waals surface area contributed by atoms with E-state index in [-0.39, 0.29) is 0 Å². The van der Waals surface area contributed by atoms with Crippen molar-refractivity contribution < 1.29 is 47.6 Å². The predicted octanol–water partition coefficient (Wildman–Crippen LogP) is -0.733. The second-order valence-electron chi connectivity index (χ2n) is 5.17. The first-order chi connectivity index (χ1) is 12.0. The van der Waals surface area contributed by atoms with Crippen LogP contribution in [0.25, 0.3) is 0 Å². The Balaban J connectivity index is 2.95. The van der Waals surface area contributed by atoms with Gasteiger partial charge in [0.05, 0.1) is 23.8 Å². The van der Waals surface area contributed by atoms with Crippen LogP contribution in [-0.2, 0) is 0 Å². The molecule has 0 aromatic heterocycles. The summed E-state index contributed by atoms with van der Waals surface area (Å²) in [5.41, 5.74) is -1.66. The van der Waals surface area contributed by atoms with Gasteiger partial charge in [0, 0.05) is 6.54 Å². The van der Waals surface area contributed by atoms with Crippen molar-refractivity contribution in [2.75, 3.05) is 19.7 Å². The standard InChI is InChI=1S/C14H16F4N2O6/c15-6-1-7(12(25)19-3-9(22)10(23)4-21)11(24)8(2-6)13(26)20-5-14(16,17)18/h1-2,9-10,21-24H,3-5H2,(H,19,25)(H,20,26). The average molecular weight is 384 g/mol. The molecule has 1 aromatic rings. The van der Waals surface area contributed by atoms with Gasteiger partial charge in [-0.05, 0) is 12.1 Å². The van der Waals surface area contributed by atoms with Crippen LogP contribution in [0, 0.1) is 5.82 Å². The Morgan fingerprint density at radius 2 is 1.54 bits per heavy atom. The number of rotatable bonds is 7. The molecule has 0 saturated heterocycles. The fraction of sp³-hybridized carbons (Fsp3) is 0.429. The number of phenols is 1. The zero-order valence-electron chi connectivity index (χ0n) is 13.0. The van der Waals surface area contributed by atoms with E-state index in [1.54, 1.807) is 0 Å². The van der Waals surface area contributed by atoms with Crippen LogP contribution < -0.4 is 10.6 Å². The van der Waals surface area contributed by atoms with Crippen molar-refractivity contribution in [3.05, 3.63) is 29.1 Å². The highest BCUT2D eigenvalue weighted by atomic mass is 19.4. The summed E-state index contributed by atoms with van der Waals surface area (Å²) in [6.07, 6.45) is -7.88. The van der Waals surface area contributed by atoms with Crippen molar-refractivity contribution in [2.24, 2.45) is 0 Å². The fourth-order valence-corrected chi connectivity index (χ4v) is 1.77. The lowest BCUT2D eigenvalue weighted by molar-refractivity contribution is -0.123. The number of aliphatic hydroxyl groups excluding tert-OH is 3. The lowest BCUT2D eigenvalue weighted by atomic mass is 10.1. The molecule has 2 amide bonds. The van der Waals surface area contributed by atoms with Gasteiger partial charge >= 0.3 is 6.18 Å². The number of nitrogens with one attached hydrogen (secondary N) is 2. The van der Waals surface area contributed by atoms with Crippen molar-refractivity contribution in [3.8, 4) is 5.75 Å². The van der Waals surface area contributed by atoms with E-state index in [0.29, 0.717) is 12.1 Å². The third-order valence-electron chi connectivity index (χ3n) is 3.12. The molecule has 1 rings (SSSR count). The molecule has 8 nitrogen and oxygen atoms in total. The number of carbonyl (C=O) groups is 2. The van der Waals surface area contributed by atoms with Gasteiger partial charge in [0.1, 0.15) is 24.2 Å². The Hall–Kier alpha value is -2.44. The summed E-state index contributed by atoms with van der Waals surface area (Å²) in [4.78, 5) is 23.6. The number of benzene rings is 1. The molecule has 0 heterocycles. The van der Waals surface area contributed by atoms with Gasteiger partial charge in [-0.2, -0.15) is 13.2 Å². The summed E-state index contributed by atoms with van der Waals surface area (Å²) in [6.45, 7) is -3.12. The molecule has 1 aromatic carbocycles. The number of carbonyl (C=O) groups excluding carboxylic acids is 2. The molecule has 0 saturated carbocycles. The minimum absolute atomic E-state index is 0.447. The van der Waals surface area contributed by atoms with E-state index < -0.39 is 72.6 Å². The Labute approximate surface area is 144 Å². The molecule has 0 aliphatic rings. The molecule has 0 bridgehead atoms. The minimum atomic E-state index is -4.73. The third-order valence-corrected chi connectivity index (χ3v) is 3.12. The normalized spacial score (nSPS) is 13.8. The van der Waals surface area contributed by atoms with Gasteiger partial charge in [-0.15, -0.1) is 0 Å². The maximum atomic E-state index is 13.6. The molecule has 0 fully saturated rings. The molecule has 0 aliphatic heterocycles. The van der Waals surface area contributed by atoms with Crippen molar-refractivity contribution in [1.29, 1.82) is 0 Å². The largest absolute Gasteiger partial charge is 0.506 e. The van der Waals surface area contributed by atoms with Gasteiger partial charge in [-0.3, -0.25) is 9.59 Å². The molecule has 2 atom stereocenters. The molecule has 2 unspecified atom stereocenters. The van der Waals surface area contributed by atoms with E-state index in [2.05, 4.69) is 0 Å². The summed E-state index contributed by atoms with van der Waals surface area (Å²) >= 11 is 0. The van der Waals surface area contributed by atoms with E-state index in [0.717, 1.165) is 0 Å². The predicted molar refractivity (Wildman–Crippen MR) is 77.9 cm³/mol. The molecular weight excluding hydrogens is 368 g/mol. The molecule has 0 radical (unpaired) electrons. The number of alkyl halides is 3. The quantitative estimate of drug-likeness (QED) is 0.343. The number of phenolic OH excluding ortho intramolecular Hbond substituents is 1. The topological polar surface area (TPSA) is 139 Å². The fourth-order valence-electron chi connectivity index (χ4n) is 1.77. The molecule has 0 spiro atoms. The van der Waals surface area contributed by atoms with Crippen LogP contribution >= 0.6 is 0 Å². The number of hydrogen-bond donors (Lipinski definition) is 6. The maximum Gasteiger partial charge on any atom is 0.405 e. The van der Waals surface area contributed by atoms with E-state index in [4.69, 9.17) is 10.2 Å². The van der Waals surface area contributed by atoms with Crippen molar-refractivity contribution in [2.45, 2.75) is 18.4 Å². The van der Waals surface area contributed by atoms with Crippen molar-refractivity contribution >= 4 is 11.8 Å². The maximum absolute atomic E-state index is 13.6. The van der Waals surface area contributed by atoms with Gasteiger partial charge in [-0.25, -0.2) is 4.39 Å². The van der Waals surface area contributed by atoms with E-state index in [9.17, 15) is 37.4 Å². The van der Waals surface area contributed by atoms with Gasteiger partial charge < -0.3 is 31.1 Å². The molecule has 0 aliphatic carbocycles. The third kappa shape index (κ3) is 6.13. The first-order valence-electron chi connectivity index (χ1n) is 7.09. The van der Waals surface area contributed by atoms with Crippen LogP contribution in [0.1, 0.15) is 20.7 Å². The first kappa shape index (κ1) is 21.6. The number of hydrogen-bond acceptors (Lipinski definition) is 6. The summed E-state index contributed by atoms with van der Waals surface area (Å²) in [5, 5.41) is 40.5.